The van der Waals surface area contributed by atoms with Crippen molar-refractivity contribution in [2.45, 2.75) is 70.0 Å². The van der Waals surface area contributed by atoms with E-state index in [1.54, 1.807) is 16.6 Å². The van der Waals surface area contributed by atoms with E-state index in [1.807, 2.05) is 18.4 Å². The van der Waals surface area contributed by atoms with Crippen molar-refractivity contribution >= 4 is 10.0 Å². The lowest BCUT2D eigenvalue weighted by Crippen LogP contribution is -2.43. The van der Waals surface area contributed by atoms with Crippen LogP contribution >= 0.6 is 0 Å². The molecule has 1 fully saturated rings. The molecule has 1 aromatic heterocycles. The molecule has 21 heavy (non-hydrogen) atoms. The monoisotopic (exact) mass is 313 g/mol. The van der Waals surface area contributed by atoms with Gasteiger partial charge in [0.1, 0.15) is 4.90 Å². The van der Waals surface area contributed by atoms with E-state index in [9.17, 15) is 8.42 Å². The summed E-state index contributed by atoms with van der Waals surface area (Å²) in [5.74, 6) is 0. The normalized spacial score (nSPS) is 21.1. The summed E-state index contributed by atoms with van der Waals surface area (Å²) in [4.78, 5) is 0.386. The van der Waals surface area contributed by atoms with Gasteiger partial charge in [-0.25, -0.2) is 8.42 Å². The van der Waals surface area contributed by atoms with Crippen molar-refractivity contribution in [3.8, 4) is 0 Å². The molecule has 6 heteroatoms. The lowest BCUT2D eigenvalue weighted by molar-refractivity contribution is 0.246. The average molecular weight is 313 g/mol. The second-order valence-electron chi connectivity index (χ2n) is 6.05. The topological polar surface area (TPSA) is 68.3 Å². The molecule has 1 aliphatic rings. The van der Waals surface area contributed by atoms with E-state index in [1.165, 1.54) is 0 Å². The number of nitrogens with two attached hydrogens (primary N) is 1. The molecular formula is C15H27N3O2S. The number of sulfonamides is 1. The van der Waals surface area contributed by atoms with Crippen molar-refractivity contribution in [1.29, 1.82) is 0 Å². The van der Waals surface area contributed by atoms with Crippen molar-refractivity contribution in [2.24, 2.45) is 5.73 Å². The zero-order valence-corrected chi connectivity index (χ0v) is 14.1. The summed E-state index contributed by atoms with van der Waals surface area (Å²) in [6.45, 7) is 7.11. The molecule has 2 rings (SSSR count). The van der Waals surface area contributed by atoms with Crippen LogP contribution in [0.2, 0.25) is 0 Å². The van der Waals surface area contributed by atoms with Gasteiger partial charge in [-0.15, -0.1) is 0 Å². The van der Waals surface area contributed by atoms with Crippen LogP contribution in [-0.2, 0) is 16.6 Å². The minimum absolute atomic E-state index is 0.132. The first-order valence-corrected chi connectivity index (χ1v) is 9.28. The molecular weight excluding hydrogens is 286 g/mol. The van der Waals surface area contributed by atoms with Gasteiger partial charge in [0, 0.05) is 37.1 Å². The molecule has 2 heterocycles. The lowest BCUT2D eigenvalue weighted by Gasteiger charge is -2.33. The van der Waals surface area contributed by atoms with Gasteiger partial charge < -0.3 is 10.3 Å². The third-order valence-electron chi connectivity index (χ3n) is 4.32. The molecule has 0 radical (unpaired) electrons. The van der Waals surface area contributed by atoms with Gasteiger partial charge in [0.25, 0.3) is 0 Å². The molecule has 1 atom stereocenters. The summed E-state index contributed by atoms with van der Waals surface area (Å²) in [7, 11) is -3.41. The molecule has 5 nitrogen and oxygen atoms in total. The van der Waals surface area contributed by atoms with E-state index >= 15 is 0 Å². The van der Waals surface area contributed by atoms with Gasteiger partial charge in [0.2, 0.25) is 10.0 Å². The van der Waals surface area contributed by atoms with Crippen LogP contribution in [0.5, 0.6) is 0 Å². The maximum Gasteiger partial charge on any atom is 0.244 e. The highest BCUT2D eigenvalue weighted by molar-refractivity contribution is 7.89. The zero-order chi connectivity index (χ0) is 15.6. The minimum Gasteiger partial charge on any atom is -0.346 e. The van der Waals surface area contributed by atoms with Crippen molar-refractivity contribution in [2.75, 3.05) is 6.54 Å². The molecule has 1 unspecified atom stereocenters. The highest BCUT2D eigenvalue weighted by Crippen LogP contribution is 2.28. The summed E-state index contributed by atoms with van der Waals surface area (Å²) in [6.07, 6.45) is 5.64. The molecule has 120 valence electrons. The molecule has 0 bridgehead atoms. The maximum absolute atomic E-state index is 12.9. The third kappa shape index (κ3) is 3.17. The predicted molar refractivity (Wildman–Crippen MR) is 84.5 cm³/mol. The van der Waals surface area contributed by atoms with Crippen molar-refractivity contribution in [1.82, 2.24) is 8.87 Å². The predicted octanol–water partition coefficient (Wildman–Crippen LogP) is 2.48. The molecule has 0 aromatic carbocycles. The fraction of sp³-hybridized carbons (Fsp3) is 0.733. The van der Waals surface area contributed by atoms with Crippen LogP contribution in [0.15, 0.2) is 17.2 Å². The Morgan fingerprint density at radius 3 is 2.62 bits per heavy atom. The van der Waals surface area contributed by atoms with Gasteiger partial charge in [-0.3, -0.25) is 0 Å². The third-order valence-corrected chi connectivity index (χ3v) is 6.24. The van der Waals surface area contributed by atoms with E-state index in [4.69, 9.17) is 5.73 Å². The second kappa shape index (κ2) is 6.50. The minimum atomic E-state index is -3.41. The first kappa shape index (κ1) is 16.5. The fourth-order valence-electron chi connectivity index (χ4n) is 3.12. The molecule has 1 aliphatic heterocycles. The van der Waals surface area contributed by atoms with Gasteiger partial charge in [0.05, 0.1) is 0 Å². The van der Waals surface area contributed by atoms with Crippen LogP contribution in [0.25, 0.3) is 0 Å². The standard InChI is InChI=1S/C15H27N3O2S/c1-4-13-7-5-6-8-18(13)21(19,20)15-9-14(10-16)17(11-15)12(2)3/h9,11-13H,4-8,10,16H2,1-3H3. The Morgan fingerprint density at radius 1 is 1.38 bits per heavy atom. The lowest BCUT2D eigenvalue weighted by atomic mass is 10.0. The van der Waals surface area contributed by atoms with Crippen molar-refractivity contribution in [3.63, 3.8) is 0 Å². The number of aromatic nitrogens is 1. The van der Waals surface area contributed by atoms with Crippen molar-refractivity contribution in [3.05, 3.63) is 18.0 Å². The van der Waals surface area contributed by atoms with Crippen LogP contribution in [0.4, 0.5) is 0 Å². The number of rotatable bonds is 5. The first-order chi connectivity index (χ1) is 9.91. The highest BCUT2D eigenvalue weighted by atomic mass is 32.2. The summed E-state index contributed by atoms with van der Waals surface area (Å²) >= 11 is 0. The Hall–Kier alpha value is -0.850. The molecule has 0 saturated carbocycles. The van der Waals surface area contributed by atoms with Gasteiger partial charge in [-0.05, 0) is 39.2 Å². The Labute approximate surface area is 128 Å². The van der Waals surface area contributed by atoms with Gasteiger partial charge in [0.15, 0.2) is 0 Å². The fourth-order valence-corrected chi connectivity index (χ4v) is 4.93. The molecule has 1 saturated heterocycles. The number of hydrogen-bond acceptors (Lipinski definition) is 3. The quantitative estimate of drug-likeness (QED) is 0.908. The Kier molecular flexibility index (Phi) is 5.11. The number of piperidine rings is 1. The van der Waals surface area contributed by atoms with Crippen molar-refractivity contribution < 1.29 is 8.42 Å². The van der Waals surface area contributed by atoms with Gasteiger partial charge >= 0.3 is 0 Å². The maximum atomic E-state index is 12.9. The summed E-state index contributed by atoms with van der Waals surface area (Å²) < 4.78 is 29.5. The molecule has 1 aromatic rings. The van der Waals surface area contributed by atoms with Gasteiger partial charge in [-0.2, -0.15) is 4.31 Å². The van der Waals surface area contributed by atoms with E-state index in [-0.39, 0.29) is 12.1 Å². The number of hydrogen-bond donors (Lipinski definition) is 1. The Morgan fingerprint density at radius 2 is 2.10 bits per heavy atom. The molecule has 0 spiro atoms. The molecule has 0 aliphatic carbocycles. The van der Waals surface area contributed by atoms with Crippen LogP contribution in [0.1, 0.15) is 58.2 Å². The summed E-state index contributed by atoms with van der Waals surface area (Å²) in [5, 5.41) is 0. The second-order valence-corrected chi connectivity index (χ2v) is 7.94. The number of nitrogens with zero attached hydrogens (tertiary/aromatic N) is 2. The van der Waals surface area contributed by atoms with E-state index < -0.39 is 10.0 Å². The smallest absolute Gasteiger partial charge is 0.244 e. The van der Waals surface area contributed by atoms with Crippen LogP contribution in [0, 0.1) is 0 Å². The SMILES string of the molecule is CCC1CCCCN1S(=O)(=O)c1cc(CN)n(C(C)C)c1. The highest BCUT2D eigenvalue weighted by Gasteiger charge is 2.33. The zero-order valence-electron chi connectivity index (χ0n) is 13.2. The van der Waals surface area contributed by atoms with E-state index in [0.717, 1.165) is 31.4 Å². The van der Waals surface area contributed by atoms with Crippen LogP contribution in [-0.4, -0.2) is 29.9 Å². The van der Waals surface area contributed by atoms with E-state index in [2.05, 4.69) is 6.92 Å². The Balaban J connectivity index is 2.39. The first-order valence-electron chi connectivity index (χ1n) is 7.84. The molecule has 0 amide bonds. The van der Waals surface area contributed by atoms with Gasteiger partial charge in [-0.1, -0.05) is 13.3 Å². The average Bonchev–Trinajstić information content (AvgIpc) is 2.92. The van der Waals surface area contributed by atoms with Crippen LogP contribution in [0.3, 0.4) is 0 Å². The van der Waals surface area contributed by atoms with Crippen LogP contribution < -0.4 is 5.73 Å². The largest absolute Gasteiger partial charge is 0.346 e. The van der Waals surface area contributed by atoms with E-state index in [0.29, 0.717) is 18.0 Å². The summed E-state index contributed by atoms with van der Waals surface area (Å²) in [5.41, 5.74) is 6.62. The summed E-state index contributed by atoms with van der Waals surface area (Å²) in [6, 6.07) is 2.07. The Bertz CT molecular complexity index is 578. The molecule has 2 N–H and O–H groups in total.